The molecule has 2 aromatic carbocycles. The van der Waals surface area contributed by atoms with Gasteiger partial charge < -0.3 is 5.32 Å². The van der Waals surface area contributed by atoms with Crippen LogP contribution in [0.4, 0.5) is 14.5 Å². The minimum absolute atomic E-state index is 0.0187. The molecular formula is C19H20ClF2N3O3S. The van der Waals surface area contributed by atoms with Gasteiger partial charge in [0.05, 0.1) is 6.04 Å². The summed E-state index contributed by atoms with van der Waals surface area (Å²) in [6.07, 6.45) is 0. The molecule has 6 nitrogen and oxygen atoms in total. The summed E-state index contributed by atoms with van der Waals surface area (Å²) >= 11 is 5.91. The maximum Gasteiger partial charge on any atom is 0.249 e. The molecule has 3 rings (SSSR count). The fourth-order valence-corrected chi connectivity index (χ4v) is 4.89. The predicted octanol–water partition coefficient (Wildman–Crippen LogP) is 2.95. The molecule has 10 heteroatoms. The highest BCUT2D eigenvalue weighted by atomic mass is 35.5. The highest BCUT2D eigenvalue weighted by Crippen LogP contribution is 2.24. The van der Waals surface area contributed by atoms with Gasteiger partial charge in [0.15, 0.2) is 4.90 Å². The number of carbonyl (C=O) groups excluding carboxylic acids is 1. The van der Waals surface area contributed by atoms with Crippen molar-refractivity contribution in [2.75, 3.05) is 31.5 Å². The van der Waals surface area contributed by atoms with Crippen LogP contribution in [-0.2, 0) is 14.8 Å². The van der Waals surface area contributed by atoms with Gasteiger partial charge in [-0.2, -0.15) is 4.31 Å². The van der Waals surface area contributed by atoms with Crippen LogP contribution in [0.3, 0.4) is 0 Å². The van der Waals surface area contributed by atoms with Crippen molar-refractivity contribution in [1.29, 1.82) is 0 Å². The first-order chi connectivity index (χ1) is 13.7. The van der Waals surface area contributed by atoms with E-state index in [2.05, 4.69) is 5.32 Å². The Morgan fingerprint density at radius 2 is 1.66 bits per heavy atom. The van der Waals surface area contributed by atoms with Gasteiger partial charge in [0.25, 0.3) is 0 Å². The summed E-state index contributed by atoms with van der Waals surface area (Å²) < 4.78 is 54.2. The van der Waals surface area contributed by atoms with Gasteiger partial charge in [-0.25, -0.2) is 17.2 Å². The fraction of sp³-hybridized carbons (Fsp3) is 0.316. The van der Waals surface area contributed by atoms with Gasteiger partial charge in [0, 0.05) is 36.9 Å². The van der Waals surface area contributed by atoms with E-state index >= 15 is 0 Å². The minimum Gasteiger partial charge on any atom is -0.325 e. The number of anilines is 1. The van der Waals surface area contributed by atoms with Gasteiger partial charge in [0.1, 0.15) is 11.6 Å². The monoisotopic (exact) mass is 443 g/mol. The van der Waals surface area contributed by atoms with Crippen LogP contribution in [0.1, 0.15) is 6.92 Å². The van der Waals surface area contributed by atoms with Crippen molar-refractivity contribution in [3.05, 3.63) is 59.1 Å². The third kappa shape index (κ3) is 4.75. The summed E-state index contributed by atoms with van der Waals surface area (Å²) in [7, 11) is -4.30. The minimum atomic E-state index is -4.30. The number of piperazine rings is 1. The van der Waals surface area contributed by atoms with Crippen LogP contribution in [0.25, 0.3) is 0 Å². The number of benzene rings is 2. The lowest BCUT2D eigenvalue weighted by molar-refractivity contribution is -0.121. The normalized spacial score (nSPS) is 17.1. The summed E-state index contributed by atoms with van der Waals surface area (Å²) in [4.78, 5) is 13.4. The average molecular weight is 444 g/mol. The van der Waals surface area contributed by atoms with Crippen molar-refractivity contribution in [2.24, 2.45) is 0 Å². The summed E-state index contributed by atoms with van der Waals surface area (Å²) in [6.45, 7) is 2.25. The zero-order valence-electron chi connectivity index (χ0n) is 15.6. The van der Waals surface area contributed by atoms with Crippen LogP contribution >= 0.6 is 11.6 Å². The number of nitrogens with one attached hydrogen (secondary N) is 1. The molecule has 0 spiro atoms. The van der Waals surface area contributed by atoms with Gasteiger partial charge in [-0.05, 0) is 37.3 Å². The first kappa shape index (κ1) is 21.6. The Balaban J connectivity index is 1.64. The Kier molecular flexibility index (Phi) is 6.52. The highest BCUT2D eigenvalue weighted by molar-refractivity contribution is 7.89. The maximum absolute atomic E-state index is 13.9. The molecule has 1 fully saturated rings. The van der Waals surface area contributed by atoms with Gasteiger partial charge in [-0.1, -0.05) is 23.7 Å². The predicted molar refractivity (Wildman–Crippen MR) is 106 cm³/mol. The van der Waals surface area contributed by atoms with Crippen LogP contribution in [0.2, 0.25) is 5.02 Å². The molecule has 1 amide bonds. The van der Waals surface area contributed by atoms with E-state index in [1.165, 1.54) is 0 Å². The van der Waals surface area contributed by atoms with Crippen molar-refractivity contribution in [3.8, 4) is 0 Å². The lowest BCUT2D eigenvalue weighted by Gasteiger charge is -2.36. The van der Waals surface area contributed by atoms with E-state index in [1.807, 2.05) is 4.90 Å². The molecule has 0 aliphatic carbocycles. The average Bonchev–Trinajstić information content (AvgIpc) is 2.67. The largest absolute Gasteiger partial charge is 0.325 e. The Labute approximate surface area is 173 Å². The molecule has 1 aliphatic heterocycles. The van der Waals surface area contributed by atoms with Gasteiger partial charge in [-0.3, -0.25) is 9.69 Å². The molecule has 2 aromatic rings. The second kappa shape index (κ2) is 8.74. The van der Waals surface area contributed by atoms with E-state index in [1.54, 1.807) is 31.2 Å². The molecule has 1 aliphatic rings. The van der Waals surface area contributed by atoms with E-state index in [-0.39, 0.29) is 32.1 Å². The van der Waals surface area contributed by atoms with Crippen LogP contribution < -0.4 is 5.32 Å². The zero-order valence-corrected chi connectivity index (χ0v) is 17.2. The molecule has 29 heavy (non-hydrogen) atoms. The number of hydrogen-bond donors (Lipinski definition) is 1. The third-order valence-electron chi connectivity index (χ3n) is 4.81. The van der Waals surface area contributed by atoms with Crippen molar-refractivity contribution < 1.29 is 22.0 Å². The topological polar surface area (TPSA) is 69.7 Å². The number of sulfonamides is 1. The molecule has 0 saturated carbocycles. The highest BCUT2D eigenvalue weighted by Gasteiger charge is 2.35. The molecule has 0 aromatic heterocycles. The van der Waals surface area contributed by atoms with Crippen LogP contribution in [0.5, 0.6) is 0 Å². The lowest BCUT2D eigenvalue weighted by Crippen LogP contribution is -2.54. The van der Waals surface area contributed by atoms with Crippen molar-refractivity contribution in [3.63, 3.8) is 0 Å². The van der Waals surface area contributed by atoms with Gasteiger partial charge >= 0.3 is 0 Å². The van der Waals surface area contributed by atoms with E-state index < -0.39 is 32.6 Å². The molecule has 1 heterocycles. The van der Waals surface area contributed by atoms with Gasteiger partial charge in [0.2, 0.25) is 15.9 Å². The number of amides is 1. The summed E-state index contributed by atoms with van der Waals surface area (Å²) in [6, 6.07) is 9.16. The van der Waals surface area contributed by atoms with E-state index in [9.17, 15) is 22.0 Å². The number of carbonyl (C=O) groups is 1. The van der Waals surface area contributed by atoms with Crippen LogP contribution in [-0.4, -0.2) is 55.8 Å². The first-order valence-electron chi connectivity index (χ1n) is 8.95. The standard InChI is InChI=1S/C19H20ClF2N3O3S/c1-13(19(26)23-15-5-2-4-14(20)12-15)24-8-10-25(11-9-24)29(27,28)18-16(21)6-3-7-17(18)22/h2-7,12-13H,8-11H2,1H3,(H,23,26). The van der Waals surface area contributed by atoms with E-state index in [0.717, 1.165) is 22.5 Å². The SMILES string of the molecule is CC(C(=O)Nc1cccc(Cl)c1)N1CCN(S(=O)(=O)c2c(F)cccc2F)CC1. The molecule has 1 atom stereocenters. The molecule has 0 bridgehead atoms. The van der Waals surface area contributed by atoms with Crippen LogP contribution in [0.15, 0.2) is 47.4 Å². The van der Waals surface area contributed by atoms with Crippen molar-refractivity contribution in [1.82, 2.24) is 9.21 Å². The maximum atomic E-state index is 13.9. The Hall–Kier alpha value is -2.07. The van der Waals surface area contributed by atoms with E-state index in [4.69, 9.17) is 11.6 Å². The number of rotatable bonds is 5. The lowest BCUT2D eigenvalue weighted by atomic mass is 10.2. The fourth-order valence-electron chi connectivity index (χ4n) is 3.17. The summed E-state index contributed by atoms with van der Waals surface area (Å²) in [5.74, 6) is -2.51. The van der Waals surface area contributed by atoms with Crippen LogP contribution in [0, 0.1) is 11.6 Å². The quantitative estimate of drug-likeness (QED) is 0.771. The number of halogens is 3. The number of hydrogen-bond acceptors (Lipinski definition) is 4. The van der Waals surface area contributed by atoms with E-state index in [0.29, 0.717) is 10.7 Å². The Morgan fingerprint density at radius 3 is 2.24 bits per heavy atom. The third-order valence-corrected chi connectivity index (χ3v) is 7.00. The van der Waals surface area contributed by atoms with Crippen molar-refractivity contribution in [2.45, 2.75) is 17.9 Å². The second-order valence-electron chi connectivity index (χ2n) is 6.67. The molecule has 1 saturated heterocycles. The number of nitrogens with zero attached hydrogens (tertiary/aromatic N) is 2. The second-order valence-corrected chi connectivity index (χ2v) is 8.98. The zero-order chi connectivity index (χ0) is 21.2. The summed E-state index contributed by atoms with van der Waals surface area (Å²) in [5.41, 5.74) is 0.561. The molecule has 0 radical (unpaired) electrons. The Bertz CT molecular complexity index is 991. The molecule has 1 unspecified atom stereocenters. The molecule has 156 valence electrons. The Morgan fingerprint density at radius 1 is 1.07 bits per heavy atom. The molecule has 1 N–H and O–H groups in total. The first-order valence-corrected chi connectivity index (χ1v) is 10.8. The smallest absolute Gasteiger partial charge is 0.249 e. The molecular weight excluding hydrogens is 424 g/mol. The van der Waals surface area contributed by atoms with Gasteiger partial charge in [-0.15, -0.1) is 0 Å². The van der Waals surface area contributed by atoms with Crippen molar-refractivity contribution >= 4 is 33.2 Å². The summed E-state index contributed by atoms with van der Waals surface area (Å²) in [5, 5.41) is 3.26.